The normalized spacial score (nSPS) is 13.0. The molecule has 0 saturated carbocycles. The standard InChI is InChI=1S/C11H15BrFN/c1-7(2)8(3)14-11-5-4-9(12)6-10(11)13/h4-8,14H,1-3H3. The molecular formula is C11H15BrFN. The molecule has 0 spiro atoms. The smallest absolute Gasteiger partial charge is 0.147 e. The van der Waals surface area contributed by atoms with Crippen molar-refractivity contribution in [1.29, 1.82) is 0 Å². The Labute approximate surface area is 92.8 Å². The highest BCUT2D eigenvalue weighted by Gasteiger charge is 2.09. The lowest BCUT2D eigenvalue weighted by Gasteiger charge is -2.19. The summed E-state index contributed by atoms with van der Waals surface area (Å²) in [6.07, 6.45) is 0. The van der Waals surface area contributed by atoms with Crippen molar-refractivity contribution in [3.05, 3.63) is 28.5 Å². The maximum Gasteiger partial charge on any atom is 0.147 e. The van der Waals surface area contributed by atoms with Crippen molar-refractivity contribution in [2.45, 2.75) is 26.8 Å². The number of hydrogen-bond donors (Lipinski definition) is 1. The number of anilines is 1. The Morgan fingerprint density at radius 3 is 2.43 bits per heavy atom. The number of benzene rings is 1. The molecule has 1 N–H and O–H groups in total. The van der Waals surface area contributed by atoms with Gasteiger partial charge in [0.2, 0.25) is 0 Å². The van der Waals surface area contributed by atoms with Crippen LogP contribution in [0.25, 0.3) is 0 Å². The summed E-state index contributed by atoms with van der Waals surface area (Å²) in [5.74, 6) is 0.268. The first-order valence-corrected chi connectivity index (χ1v) is 5.51. The van der Waals surface area contributed by atoms with Gasteiger partial charge in [-0.1, -0.05) is 29.8 Å². The van der Waals surface area contributed by atoms with Crippen LogP contribution in [0.3, 0.4) is 0 Å². The molecule has 0 amide bonds. The fourth-order valence-electron chi connectivity index (χ4n) is 1.02. The van der Waals surface area contributed by atoms with Gasteiger partial charge in [0.15, 0.2) is 0 Å². The summed E-state index contributed by atoms with van der Waals surface area (Å²) in [6, 6.07) is 5.32. The molecule has 0 bridgehead atoms. The first-order chi connectivity index (χ1) is 6.50. The first-order valence-electron chi connectivity index (χ1n) is 4.72. The molecule has 0 aliphatic carbocycles. The van der Waals surface area contributed by atoms with Gasteiger partial charge in [0, 0.05) is 10.5 Å². The Morgan fingerprint density at radius 2 is 1.93 bits per heavy atom. The van der Waals surface area contributed by atoms with Crippen LogP contribution >= 0.6 is 15.9 Å². The molecule has 0 saturated heterocycles. The Morgan fingerprint density at radius 1 is 1.29 bits per heavy atom. The van der Waals surface area contributed by atoms with Crippen molar-refractivity contribution in [3.63, 3.8) is 0 Å². The number of rotatable bonds is 3. The maximum absolute atomic E-state index is 13.4. The van der Waals surface area contributed by atoms with Crippen LogP contribution in [-0.2, 0) is 0 Å². The second-order valence-corrected chi connectivity index (χ2v) is 4.72. The van der Waals surface area contributed by atoms with Crippen LogP contribution in [-0.4, -0.2) is 6.04 Å². The van der Waals surface area contributed by atoms with Crippen LogP contribution in [0.15, 0.2) is 22.7 Å². The molecule has 1 atom stereocenters. The number of hydrogen-bond acceptors (Lipinski definition) is 1. The minimum Gasteiger partial charge on any atom is -0.380 e. The summed E-state index contributed by atoms with van der Waals surface area (Å²) >= 11 is 3.22. The summed E-state index contributed by atoms with van der Waals surface area (Å²) in [7, 11) is 0. The molecule has 0 aliphatic rings. The van der Waals surface area contributed by atoms with Crippen molar-refractivity contribution in [2.24, 2.45) is 5.92 Å². The van der Waals surface area contributed by atoms with E-state index in [2.05, 4.69) is 35.1 Å². The van der Waals surface area contributed by atoms with Crippen molar-refractivity contribution in [3.8, 4) is 0 Å². The average molecular weight is 260 g/mol. The molecular weight excluding hydrogens is 245 g/mol. The number of nitrogens with one attached hydrogen (secondary N) is 1. The van der Waals surface area contributed by atoms with Gasteiger partial charge in [0.05, 0.1) is 5.69 Å². The summed E-state index contributed by atoms with van der Waals surface area (Å²) < 4.78 is 14.1. The quantitative estimate of drug-likeness (QED) is 0.864. The van der Waals surface area contributed by atoms with Gasteiger partial charge in [-0.25, -0.2) is 4.39 Å². The van der Waals surface area contributed by atoms with Gasteiger partial charge >= 0.3 is 0 Å². The topological polar surface area (TPSA) is 12.0 Å². The molecule has 0 aliphatic heterocycles. The molecule has 14 heavy (non-hydrogen) atoms. The maximum atomic E-state index is 13.4. The van der Waals surface area contributed by atoms with Gasteiger partial charge in [-0.15, -0.1) is 0 Å². The average Bonchev–Trinajstić information content (AvgIpc) is 2.09. The van der Waals surface area contributed by atoms with E-state index in [1.54, 1.807) is 6.07 Å². The molecule has 1 aromatic rings. The monoisotopic (exact) mass is 259 g/mol. The molecule has 0 heterocycles. The van der Waals surface area contributed by atoms with E-state index in [0.717, 1.165) is 4.47 Å². The summed E-state index contributed by atoms with van der Waals surface area (Å²) in [5.41, 5.74) is 0.564. The molecule has 78 valence electrons. The van der Waals surface area contributed by atoms with Crippen LogP contribution in [0.4, 0.5) is 10.1 Å². The Balaban J connectivity index is 2.77. The predicted molar refractivity (Wildman–Crippen MR) is 62.0 cm³/mol. The van der Waals surface area contributed by atoms with E-state index in [4.69, 9.17) is 0 Å². The zero-order valence-electron chi connectivity index (χ0n) is 8.64. The van der Waals surface area contributed by atoms with E-state index < -0.39 is 0 Å². The van der Waals surface area contributed by atoms with E-state index in [9.17, 15) is 4.39 Å². The zero-order chi connectivity index (χ0) is 10.7. The minimum absolute atomic E-state index is 0.216. The van der Waals surface area contributed by atoms with Crippen molar-refractivity contribution in [2.75, 3.05) is 5.32 Å². The lowest BCUT2D eigenvalue weighted by molar-refractivity contribution is 0.552. The summed E-state index contributed by atoms with van der Waals surface area (Å²) in [6.45, 7) is 6.26. The first kappa shape index (κ1) is 11.5. The molecule has 0 radical (unpaired) electrons. The van der Waals surface area contributed by atoms with Gasteiger partial charge in [0.25, 0.3) is 0 Å². The third-order valence-electron chi connectivity index (χ3n) is 2.31. The fourth-order valence-corrected chi connectivity index (χ4v) is 1.35. The van der Waals surface area contributed by atoms with E-state index in [1.807, 2.05) is 13.0 Å². The third-order valence-corrected chi connectivity index (χ3v) is 2.81. The molecule has 0 fully saturated rings. The van der Waals surface area contributed by atoms with E-state index in [1.165, 1.54) is 6.07 Å². The molecule has 1 nitrogen and oxygen atoms in total. The third kappa shape index (κ3) is 2.98. The Bertz CT molecular complexity index is 312. The van der Waals surface area contributed by atoms with E-state index in [0.29, 0.717) is 11.6 Å². The molecule has 0 aromatic heterocycles. The Hall–Kier alpha value is -0.570. The summed E-state index contributed by atoms with van der Waals surface area (Å²) in [4.78, 5) is 0. The van der Waals surface area contributed by atoms with Gasteiger partial charge in [-0.3, -0.25) is 0 Å². The highest BCUT2D eigenvalue weighted by atomic mass is 79.9. The molecule has 1 aromatic carbocycles. The van der Waals surface area contributed by atoms with Gasteiger partial charge in [0.1, 0.15) is 5.82 Å². The van der Waals surface area contributed by atoms with Gasteiger partial charge in [-0.05, 0) is 31.0 Å². The van der Waals surface area contributed by atoms with Crippen LogP contribution in [0, 0.1) is 11.7 Å². The van der Waals surface area contributed by atoms with E-state index >= 15 is 0 Å². The summed E-state index contributed by atoms with van der Waals surface area (Å²) in [5, 5.41) is 3.14. The van der Waals surface area contributed by atoms with Crippen LogP contribution < -0.4 is 5.32 Å². The second kappa shape index (κ2) is 4.78. The zero-order valence-corrected chi connectivity index (χ0v) is 10.2. The van der Waals surface area contributed by atoms with Crippen LogP contribution in [0.2, 0.25) is 0 Å². The predicted octanol–water partition coefficient (Wildman–Crippen LogP) is 4.04. The lowest BCUT2D eigenvalue weighted by atomic mass is 10.1. The fraction of sp³-hybridized carbons (Fsp3) is 0.455. The second-order valence-electron chi connectivity index (χ2n) is 3.80. The SMILES string of the molecule is CC(C)C(C)Nc1ccc(Br)cc1F. The van der Waals surface area contributed by atoms with Gasteiger partial charge in [-0.2, -0.15) is 0 Å². The van der Waals surface area contributed by atoms with Gasteiger partial charge < -0.3 is 5.32 Å². The molecule has 1 unspecified atom stereocenters. The number of halogens is 2. The largest absolute Gasteiger partial charge is 0.380 e. The Kier molecular flexibility index (Phi) is 3.93. The molecule has 3 heteroatoms. The van der Waals surface area contributed by atoms with E-state index in [-0.39, 0.29) is 11.9 Å². The highest BCUT2D eigenvalue weighted by Crippen LogP contribution is 2.21. The highest BCUT2D eigenvalue weighted by molar-refractivity contribution is 9.10. The van der Waals surface area contributed by atoms with Crippen molar-refractivity contribution < 1.29 is 4.39 Å². The van der Waals surface area contributed by atoms with Crippen molar-refractivity contribution in [1.82, 2.24) is 0 Å². The lowest BCUT2D eigenvalue weighted by Crippen LogP contribution is -2.22. The minimum atomic E-state index is -0.216. The van der Waals surface area contributed by atoms with Crippen LogP contribution in [0.1, 0.15) is 20.8 Å². The van der Waals surface area contributed by atoms with Crippen molar-refractivity contribution >= 4 is 21.6 Å². The molecule has 1 rings (SSSR count). The van der Waals surface area contributed by atoms with Crippen LogP contribution in [0.5, 0.6) is 0 Å².